The minimum absolute atomic E-state index is 0.0213. The van der Waals surface area contributed by atoms with Gasteiger partial charge >= 0.3 is 0 Å². The number of nitrogens with zero attached hydrogens (tertiary/aromatic N) is 2. The zero-order chi connectivity index (χ0) is 21.5. The molecule has 2 amide bonds. The monoisotopic (exact) mass is 553 g/mol. The van der Waals surface area contributed by atoms with Gasteiger partial charge in [-0.15, -0.1) is 11.3 Å². The Morgan fingerprint density at radius 3 is 2.77 bits per heavy atom. The van der Waals surface area contributed by atoms with Crippen molar-refractivity contribution in [2.24, 2.45) is 11.8 Å². The number of carbonyl (C=O) groups excluding carboxylic acids is 2. The second kappa shape index (κ2) is 8.53. The van der Waals surface area contributed by atoms with Crippen molar-refractivity contribution in [3.63, 3.8) is 0 Å². The van der Waals surface area contributed by atoms with Gasteiger partial charge in [0.2, 0.25) is 11.9 Å². The Morgan fingerprint density at radius 1 is 1.26 bits per heavy atom. The molecule has 0 aromatic carbocycles. The first-order valence-corrected chi connectivity index (χ1v) is 12.5. The van der Waals surface area contributed by atoms with Crippen LogP contribution in [0, 0.1) is 11.8 Å². The van der Waals surface area contributed by atoms with E-state index in [4.69, 9.17) is 0 Å². The van der Waals surface area contributed by atoms with Crippen LogP contribution in [0.25, 0.3) is 0 Å². The lowest BCUT2D eigenvalue weighted by Crippen LogP contribution is -2.35. The highest BCUT2D eigenvalue weighted by molar-refractivity contribution is 14.1. The van der Waals surface area contributed by atoms with Gasteiger partial charge in [0.25, 0.3) is 11.5 Å². The quantitative estimate of drug-likeness (QED) is 0.361. The van der Waals surface area contributed by atoms with Crippen LogP contribution < -0.4 is 19.3 Å². The predicted octanol–water partition coefficient (Wildman–Crippen LogP) is 3.03. The summed E-state index contributed by atoms with van der Waals surface area (Å²) in [7, 11) is 0. The van der Waals surface area contributed by atoms with Crippen LogP contribution >= 0.6 is 34.2 Å². The van der Waals surface area contributed by atoms with E-state index in [9.17, 15) is 14.4 Å². The Hall–Kier alpha value is -1.95. The van der Waals surface area contributed by atoms with Gasteiger partial charge in [-0.05, 0) is 56.4 Å². The molecule has 2 saturated carbocycles. The summed E-state index contributed by atoms with van der Waals surface area (Å²) in [5.74, 6) is 1.11. The molecule has 10 heteroatoms. The molecule has 5 rings (SSSR count). The number of amides is 2. The van der Waals surface area contributed by atoms with Gasteiger partial charge in [-0.1, -0.05) is 0 Å². The van der Waals surface area contributed by atoms with Crippen LogP contribution in [0.15, 0.2) is 17.1 Å². The SMILES string of the molecule is O=C(NCC1CC1)c1c(NC(=O)C2CC2)sc2c1CC(N(I)c1nccc(=O)[nH]1)CC2. The van der Waals surface area contributed by atoms with E-state index in [0.29, 0.717) is 35.4 Å². The lowest BCUT2D eigenvalue weighted by molar-refractivity contribution is -0.117. The molecule has 0 saturated heterocycles. The molecule has 1 unspecified atom stereocenters. The third-order valence-electron chi connectivity index (χ3n) is 6.08. The number of aromatic nitrogens is 2. The van der Waals surface area contributed by atoms with Crippen molar-refractivity contribution < 1.29 is 9.59 Å². The van der Waals surface area contributed by atoms with Gasteiger partial charge in [0.1, 0.15) is 5.00 Å². The summed E-state index contributed by atoms with van der Waals surface area (Å²) in [4.78, 5) is 45.5. The number of anilines is 2. The number of rotatable bonds is 7. The van der Waals surface area contributed by atoms with E-state index in [1.807, 2.05) is 3.11 Å². The number of halogens is 1. The third kappa shape index (κ3) is 4.64. The Balaban J connectivity index is 1.41. The molecule has 2 aromatic rings. The van der Waals surface area contributed by atoms with Gasteiger partial charge < -0.3 is 10.6 Å². The van der Waals surface area contributed by atoms with Gasteiger partial charge in [0.05, 0.1) is 28.4 Å². The molecular formula is C21H24IN5O3S. The number of thiophene rings is 1. The van der Waals surface area contributed by atoms with E-state index in [-0.39, 0.29) is 29.3 Å². The number of hydrogen-bond acceptors (Lipinski definition) is 6. The first kappa shape index (κ1) is 20.9. The maximum atomic E-state index is 13.2. The van der Waals surface area contributed by atoms with Crippen LogP contribution in [0.3, 0.4) is 0 Å². The molecular weight excluding hydrogens is 529 g/mol. The fourth-order valence-corrected chi connectivity index (χ4v) is 5.90. The highest BCUT2D eigenvalue weighted by Crippen LogP contribution is 2.41. The maximum absolute atomic E-state index is 13.2. The molecule has 164 valence electrons. The van der Waals surface area contributed by atoms with Crippen LogP contribution in [0.1, 0.15) is 52.9 Å². The molecule has 0 aliphatic heterocycles. The molecule has 2 fully saturated rings. The zero-order valence-electron chi connectivity index (χ0n) is 16.9. The summed E-state index contributed by atoms with van der Waals surface area (Å²) in [6, 6.07) is 1.48. The Labute approximate surface area is 197 Å². The lowest BCUT2D eigenvalue weighted by Gasteiger charge is -2.30. The minimum atomic E-state index is -0.191. The predicted molar refractivity (Wildman–Crippen MR) is 128 cm³/mol. The van der Waals surface area contributed by atoms with Crippen molar-refractivity contribution in [3.8, 4) is 0 Å². The van der Waals surface area contributed by atoms with E-state index in [0.717, 1.165) is 31.2 Å². The van der Waals surface area contributed by atoms with E-state index >= 15 is 0 Å². The summed E-state index contributed by atoms with van der Waals surface area (Å²) in [6.07, 6.45) is 8.06. The van der Waals surface area contributed by atoms with E-state index in [1.165, 1.54) is 41.3 Å². The highest BCUT2D eigenvalue weighted by atomic mass is 127. The van der Waals surface area contributed by atoms with Crippen molar-refractivity contribution >= 4 is 57.0 Å². The molecule has 0 radical (unpaired) electrons. The summed E-state index contributed by atoms with van der Waals surface area (Å²) in [5, 5.41) is 6.80. The normalized spacial score (nSPS) is 20.1. The summed E-state index contributed by atoms with van der Waals surface area (Å²) in [6.45, 7) is 0.691. The fourth-order valence-electron chi connectivity index (χ4n) is 3.94. The number of aryl methyl sites for hydroxylation is 1. The summed E-state index contributed by atoms with van der Waals surface area (Å²) < 4.78 is 1.95. The Bertz CT molecular complexity index is 1080. The lowest BCUT2D eigenvalue weighted by atomic mass is 9.91. The van der Waals surface area contributed by atoms with Gasteiger partial charge in [-0.3, -0.25) is 22.5 Å². The van der Waals surface area contributed by atoms with Crippen LogP contribution in [0.2, 0.25) is 0 Å². The number of carbonyl (C=O) groups is 2. The number of hydrogen-bond donors (Lipinski definition) is 3. The van der Waals surface area contributed by atoms with Gasteiger partial charge in [-0.25, -0.2) is 4.98 Å². The Morgan fingerprint density at radius 2 is 2.06 bits per heavy atom. The van der Waals surface area contributed by atoms with Gasteiger partial charge in [-0.2, -0.15) is 0 Å². The van der Waals surface area contributed by atoms with Crippen molar-refractivity contribution in [3.05, 3.63) is 38.6 Å². The molecule has 8 nitrogen and oxygen atoms in total. The van der Waals surface area contributed by atoms with Crippen molar-refractivity contribution in [2.45, 2.75) is 51.0 Å². The molecule has 2 aromatic heterocycles. The number of H-pyrrole nitrogens is 1. The van der Waals surface area contributed by atoms with Gasteiger partial charge in [0.15, 0.2) is 0 Å². The molecule has 3 aliphatic carbocycles. The molecule has 3 aliphatic rings. The van der Waals surface area contributed by atoms with Crippen molar-refractivity contribution in [1.82, 2.24) is 15.3 Å². The fraction of sp³-hybridized carbons (Fsp3) is 0.524. The summed E-state index contributed by atoms with van der Waals surface area (Å²) in [5.41, 5.74) is 1.45. The second-order valence-electron chi connectivity index (χ2n) is 8.59. The van der Waals surface area contributed by atoms with E-state index in [1.54, 1.807) is 0 Å². The first-order chi connectivity index (χ1) is 15.0. The number of aromatic amines is 1. The van der Waals surface area contributed by atoms with Crippen molar-refractivity contribution in [2.75, 3.05) is 15.0 Å². The zero-order valence-corrected chi connectivity index (χ0v) is 19.9. The molecule has 0 bridgehead atoms. The molecule has 2 heterocycles. The Kier molecular flexibility index (Phi) is 5.76. The maximum Gasteiger partial charge on any atom is 0.254 e. The average molecular weight is 553 g/mol. The molecule has 31 heavy (non-hydrogen) atoms. The average Bonchev–Trinajstić information content (AvgIpc) is 3.67. The van der Waals surface area contributed by atoms with Crippen LogP contribution in [0.5, 0.6) is 0 Å². The van der Waals surface area contributed by atoms with Crippen LogP contribution in [-0.2, 0) is 17.6 Å². The van der Waals surface area contributed by atoms with Gasteiger partial charge in [0, 0.05) is 35.6 Å². The van der Waals surface area contributed by atoms with Crippen molar-refractivity contribution in [1.29, 1.82) is 0 Å². The summed E-state index contributed by atoms with van der Waals surface area (Å²) >= 11 is 3.72. The number of nitrogens with one attached hydrogen (secondary N) is 3. The van der Waals surface area contributed by atoms with E-state index in [2.05, 4.69) is 43.5 Å². The largest absolute Gasteiger partial charge is 0.352 e. The highest BCUT2D eigenvalue weighted by Gasteiger charge is 2.35. The van der Waals surface area contributed by atoms with Crippen LogP contribution in [0.4, 0.5) is 10.9 Å². The minimum Gasteiger partial charge on any atom is -0.352 e. The molecule has 3 N–H and O–H groups in total. The van der Waals surface area contributed by atoms with Crippen LogP contribution in [-0.4, -0.2) is 34.4 Å². The second-order valence-corrected chi connectivity index (χ2v) is 10.7. The first-order valence-electron chi connectivity index (χ1n) is 10.7. The van der Waals surface area contributed by atoms with E-state index < -0.39 is 0 Å². The smallest absolute Gasteiger partial charge is 0.254 e. The third-order valence-corrected chi connectivity index (χ3v) is 8.53. The molecule has 0 spiro atoms. The topological polar surface area (TPSA) is 107 Å². The molecule has 1 atom stereocenters. The number of fused-ring (bicyclic) bond motifs is 1. The standard InChI is InChI=1S/C21H24IN5O3S/c22-27(21-23-8-7-16(28)25-21)13-5-6-15-14(9-13)17(19(30)24-10-11-1-2-11)20(31-15)26-18(29)12-3-4-12/h7-8,11-13H,1-6,9-10H2,(H,24,30)(H,26,29)(H,23,25,28).